The third-order valence-electron chi connectivity index (χ3n) is 3.48. The fraction of sp³-hybridized carbons (Fsp3) is 1.00. The molecule has 4 heteroatoms. The lowest BCUT2D eigenvalue weighted by Crippen LogP contribution is -2.40. The first-order chi connectivity index (χ1) is 6.72. The number of aliphatic hydroxyl groups excluding tert-OH is 2. The van der Waals surface area contributed by atoms with Gasteiger partial charge in [0.05, 0.1) is 18.3 Å². The highest BCUT2D eigenvalue weighted by molar-refractivity contribution is 4.93. The van der Waals surface area contributed by atoms with Gasteiger partial charge in [0.25, 0.3) is 0 Å². The summed E-state index contributed by atoms with van der Waals surface area (Å²) in [4.78, 5) is 2.16. The van der Waals surface area contributed by atoms with Crippen LogP contribution in [0.5, 0.6) is 0 Å². The molecule has 0 amide bonds. The lowest BCUT2D eigenvalue weighted by Gasteiger charge is -2.28. The number of hydrogen-bond acceptors (Lipinski definition) is 4. The Kier molecular flexibility index (Phi) is 3.07. The molecule has 14 heavy (non-hydrogen) atoms. The standard InChI is InChI=1S/C10H19NO3/c1-14-10-4-2-3-7(10)11-5-8(12)9(13)6-11/h7-10,12-13H,2-6H2,1H3. The van der Waals surface area contributed by atoms with E-state index in [1.165, 1.54) is 6.42 Å². The van der Waals surface area contributed by atoms with Gasteiger partial charge in [-0.3, -0.25) is 4.90 Å². The molecule has 2 aliphatic rings. The number of aliphatic hydroxyl groups is 2. The monoisotopic (exact) mass is 201 g/mol. The number of hydrogen-bond donors (Lipinski definition) is 2. The van der Waals surface area contributed by atoms with Crippen molar-refractivity contribution in [3.8, 4) is 0 Å². The van der Waals surface area contributed by atoms with Crippen molar-refractivity contribution in [2.24, 2.45) is 0 Å². The molecule has 1 aliphatic carbocycles. The highest BCUT2D eigenvalue weighted by atomic mass is 16.5. The summed E-state index contributed by atoms with van der Waals surface area (Å²) in [5, 5.41) is 18.9. The SMILES string of the molecule is COC1CCCC1N1CC(O)C(O)C1. The van der Waals surface area contributed by atoms with Crippen LogP contribution in [0.25, 0.3) is 0 Å². The zero-order valence-corrected chi connectivity index (χ0v) is 8.59. The Morgan fingerprint density at radius 1 is 1.14 bits per heavy atom. The van der Waals surface area contributed by atoms with Crippen molar-refractivity contribution >= 4 is 0 Å². The van der Waals surface area contributed by atoms with Crippen molar-refractivity contribution in [3.05, 3.63) is 0 Å². The van der Waals surface area contributed by atoms with Crippen LogP contribution in [0.15, 0.2) is 0 Å². The van der Waals surface area contributed by atoms with E-state index >= 15 is 0 Å². The number of β-amino-alcohol motifs (C(OH)–C–C–N with tert-alkyl or cyclic N) is 2. The average Bonchev–Trinajstić information content (AvgIpc) is 2.73. The maximum Gasteiger partial charge on any atom is 0.0938 e. The van der Waals surface area contributed by atoms with Gasteiger partial charge < -0.3 is 14.9 Å². The molecule has 0 aromatic carbocycles. The number of likely N-dealkylation sites (tertiary alicyclic amines) is 1. The molecular formula is C10H19NO3. The van der Waals surface area contributed by atoms with Crippen LogP contribution in [0.3, 0.4) is 0 Å². The highest BCUT2D eigenvalue weighted by Gasteiger charge is 2.39. The Labute approximate surface area is 84.5 Å². The van der Waals surface area contributed by atoms with Gasteiger partial charge in [0.2, 0.25) is 0 Å². The van der Waals surface area contributed by atoms with E-state index < -0.39 is 12.2 Å². The molecule has 0 aromatic heterocycles. The molecule has 0 radical (unpaired) electrons. The van der Waals surface area contributed by atoms with Crippen LogP contribution in [0, 0.1) is 0 Å². The molecule has 4 unspecified atom stereocenters. The van der Waals surface area contributed by atoms with Gasteiger partial charge >= 0.3 is 0 Å². The molecule has 4 atom stereocenters. The second kappa shape index (κ2) is 4.14. The largest absolute Gasteiger partial charge is 0.389 e. The number of nitrogens with zero attached hydrogens (tertiary/aromatic N) is 1. The summed E-state index contributed by atoms with van der Waals surface area (Å²) < 4.78 is 5.40. The molecule has 4 nitrogen and oxygen atoms in total. The second-order valence-corrected chi connectivity index (χ2v) is 4.36. The molecule has 1 saturated carbocycles. The van der Waals surface area contributed by atoms with E-state index in [1.807, 2.05) is 0 Å². The topological polar surface area (TPSA) is 52.9 Å². The summed E-state index contributed by atoms with van der Waals surface area (Å²) in [6, 6.07) is 0.395. The minimum atomic E-state index is -0.576. The summed E-state index contributed by atoms with van der Waals surface area (Å²) >= 11 is 0. The van der Waals surface area contributed by atoms with Crippen LogP contribution in [0.4, 0.5) is 0 Å². The Balaban J connectivity index is 1.95. The van der Waals surface area contributed by atoms with Crippen LogP contribution >= 0.6 is 0 Å². The van der Waals surface area contributed by atoms with Crippen molar-refractivity contribution in [2.75, 3.05) is 20.2 Å². The predicted molar refractivity (Wildman–Crippen MR) is 52.0 cm³/mol. The van der Waals surface area contributed by atoms with Gasteiger partial charge in [-0.05, 0) is 19.3 Å². The van der Waals surface area contributed by atoms with Crippen LogP contribution in [0.2, 0.25) is 0 Å². The predicted octanol–water partition coefficient (Wildman–Crippen LogP) is -0.409. The van der Waals surface area contributed by atoms with E-state index in [0.29, 0.717) is 19.1 Å². The molecule has 2 rings (SSSR count). The van der Waals surface area contributed by atoms with E-state index in [1.54, 1.807) is 7.11 Å². The van der Waals surface area contributed by atoms with E-state index in [4.69, 9.17) is 4.74 Å². The van der Waals surface area contributed by atoms with Crippen molar-refractivity contribution in [2.45, 2.75) is 43.6 Å². The average molecular weight is 201 g/mol. The molecule has 1 aliphatic heterocycles. The number of ether oxygens (including phenoxy) is 1. The fourth-order valence-corrected chi connectivity index (χ4v) is 2.67. The van der Waals surface area contributed by atoms with E-state index in [0.717, 1.165) is 12.8 Å². The zero-order valence-electron chi connectivity index (χ0n) is 8.59. The Morgan fingerprint density at radius 3 is 2.36 bits per heavy atom. The first-order valence-corrected chi connectivity index (χ1v) is 5.35. The molecular weight excluding hydrogens is 182 g/mol. The second-order valence-electron chi connectivity index (χ2n) is 4.36. The van der Waals surface area contributed by atoms with Crippen molar-refractivity contribution in [1.29, 1.82) is 0 Å². The molecule has 82 valence electrons. The van der Waals surface area contributed by atoms with E-state index in [9.17, 15) is 10.2 Å². The maximum absolute atomic E-state index is 9.45. The summed E-state index contributed by atoms with van der Waals surface area (Å²) in [6.45, 7) is 1.18. The Morgan fingerprint density at radius 2 is 1.79 bits per heavy atom. The quantitative estimate of drug-likeness (QED) is 0.638. The van der Waals surface area contributed by atoms with Crippen LogP contribution in [-0.2, 0) is 4.74 Å². The lowest BCUT2D eigenvalue weighted by atomic mass is 10.2. The summed E-state index contributed by atoms with van der Waals surface area (Å²) in [6.07, 6.45) is 2.54. The van der Waals surface area contributed by atoms with Gasteiger partial charge in [-0.1, -0.05) is 0 Å². The minimum absolute atomic E-state index is 0.285. The van der Waals surface area contributed by atoms with Crippen molar-refractivity contribution in [3.63, 3.8) is 0 Å². The van der Waals surface area contributed by atoms with Gasteiger partial charge in [-0.25, -0.2) is 0 Å². The van der Waals surface area contributed by atoms with Crippen molar-refractivity contribution < 1.29 is 14.9 Å². The van der Waals surface area contributed by atoms with Crippen LogP contribution in [-0.4, -0.2) is 59.7 Å². The molecule has 1 heterocycles. The van der Waals surface area contributed by atoms with Gasteiger partial charge in [-0.15, -0.1) is 0 Å². The van der Waals surface area contributed by atoms with E-state index in [2.05, 4.69) is 4.90 Å². The molecule has 2 N–H and O–H groups in total. The van der Waals surface area contributed by atoms with Crippen LogP contribution in [0.1, 0.15) is 19.3 Å². The summed E-state index contributed by atoms with van der Waals surface area (Å²) in [5.74, 6) is 0. The maximum atomic E-state index is 9.45. The third-order valence-corrected chi connectivity index (χ3v) is 3.48. The zero-order chi connectivity index (χ0) is 10.1. The smallest absolute Gasteiger partial charge is 0.0938 e. The first-order valence-electron chi connectivity index (χ1n) is 5.35. The summed E-state index contributed by atoms with van der Waals surface area (Å²) in [5.41, 5.74) is 0. The normalized spacial score (nSPS) is 44.8. The minimum Gasteiger partial charge on any atom is -0.389 e. The fourth-order valence-electron chi connectivity index (χ4n) is 2.67. The van der Waals surface area contributed by atoms with Crippen LogP contribution < -0.4 is 0 Å². The van der Waals surface area contributed by atoms with Gasteiger partial charge in [0, 0.05) is 26.2 Å². The van der Waals surface area contributed by atoms with Gasteiger partial charge in [0.1, 0.15) is 0 Å². The third kappa shape index (κ3) is 1.80. The van der Waals surface area contributed by atoms with Crippen molar-refractivity contribution in [1.82, 2.24) is 4.90 Å². The molecule has 1 saturated heterocycles. The molecule has 0 bridgehead atoms. The molecule has 0 spiro atoms. The number of rotatable bonds is 2. The molecule has 0 aromatic rings. The molecule has 2 fully saturated rings. The lowest BCUT2D eigenvalue weighted by molar-refractivity contribution is 0.0367. The summed E-state index contributed by atoms with van der Waals surface area (Å²) in [7, 11) is 1.74. The Hall–Kier alpha value is -0.160. The van der Waals surface area contributed by atoms with Gasteiger partial charge in [-0.2, -0.15) is 0 Å². The first kappa shape index (κ1) is 10.4. The van der Waals surface area contributed by atoms with Gasteiger partial charge in [0.15, 0.2) is 0 Å². The highest BCUT2D eigenvalue weighted by Crippen LogP contribution is 2.28. The van der Waals surface area contributed by atoms with E-state index in [-0.39, 0.29) is 6.10 Å². The Bertz CT molecular complexity index is 190. The number of methoxy groups -OCH3 is 1.